The lowest BCUT2D eigenvalue weighted by molar-refractivity contribution is 0.245. The summed E-state index contributed by atoms with van der Waals surface area (Å²) in [7, 11) is 1.34. The summed E-state index contributed by atoms with van der Waals surface area (Å²) in [5.41, 5.74) is 0.612. The zero-order valence-corrected chi connectivity index (χ0v) is 11.0. The molecule has 0 spiro atoms. The number of rotatable bonds is 8. The maximum absolute atomic E-state index is 2.51. The van der Waals surface area contributed by atoms with E-state index in [1.807, 2.05) is 0 Å². The first-order valence-electron chi connectivity index (χ1n) is 6.60. The summed E-state index contributed by atoms with van der Waals surface area (Å²) < 4.78 is 0. The lowest BCUT2D eigenvalue weighted by Gasteiger charge is -2.35. The maximum atomic E-state index is 2.51. The van der Waals surface area contributed by atoms with Crippen LogP contribution in [0.2, 0.25) is 12.6 Å². The van der Waals surface area contributed by atoms with Crippen LogP contribution in [0.4, 0.5) is 0 Å². The van der Waals surface area contributed by atoms with E-state index < -0.39 is 0 Å². The van der Waals surface area contributed by atoms with Crippen molar-refractivity contribution in [3.63, 3.8) is 0 Å². The van der Waals surface area contributed by atoms with E-state index in [1.165, 1.54) is 45.8 Å². The molecule has 14 heavy (non-hydrogen) atoms. The van der Waals surface area contributed by atoms with Crippen molar-refractivity contribution in [2.45, 2.75) is 78.9 Å². The van der Waals surface area contributed by atoms with E-state index in [0.29, 0.717) is 5.41 Å². The summed E-state index contributed by atoms with van der Waals surface area (Å²) in [4.78, 5) is 0. The molecule has 0 saturated carbocycles. The molecule has 0 fully saturated rings. The molecule has 0 heterocycles. The van der Waals surface area contributed by atoms with Gasteiger partial charge in [-0.3, -0.25) is 0 Å². The Kier molecular flexibility index (Phi) is 7.40. The Balaban J connectivity index is 4.16. The second-order valence-corrected chi connectivity index (χ2v) is 5.17. The first-order valence-corrected chi connectivity index (χ1v) is 6.60. The van der Waals surface area contributed by atoms with Crippen LogP contribution >= 0.6 is 0 Å². The average Bonchev–Trinajstić information content (AvgIpc) is 2.22. The van der Waals surface area contributed by atoms with Crippen LogP contribution in [0, 0.1) is 5.41 Å². The van der Waals surface area contributed by atoms with Crippen molar-refractivity contribution >= 4 is 7.28 Å². The Morgan fingerprint density at radius 1 is 1.07 bits per heavy atom. The molecule has 0 radical (unpaired) electrons. The van der Waals surface area contributed by atoms with E-state index in [-0.39, 0.29) is 0 Å². The molecule has 0 aliphatic heterocycles. The topological polar surface area (TPSA) is 0 Å². The molecule has 1 unspecified atom stereocenters. The summed E-state index contributed by atoms with van der Waals surface area (Å²) in [6.45, 7) is 11.9. The van der Waals surface area contributed by atoms with Crippen LogP contribution < -0.4 is 0 Å². The third kappa shape index (κ3) is 4.53. The molecule has 1 heteroatoms. The maximum Gasteiger partial charge on any atom is 0.121 e. The second-order valence-electron chi connectivity index (χ2n) is 5.17. The van der Waals surface area contributed by atoms with Gasteiger partial charge in [-0.15, -0.1) is 0 Å². The smallest absolute Gasteiger partial charge is 0.0891 e. The SMILES string of the molecule is CBC(C)C(C)(CCCC)CCCC. The van der Waals surface area contributed by atoms with E-state index in [9.17, 15) is 0 Å². The lowest BCUT2D eigenvalue weighted by Crippen LogP contribution is -2.24. The van der Waals surface area contributed by atoms with Gasteiger partial charge in [0.2, 0.25) is 0 Å². The molecular formula is C13H29B. The minimum atomic E-state index is 0.612. The van der Waals surface area contributed by atoms with E-state index in [4.69, 9.17) is 0 Å². The normalized spacial score (nSPS) is 14.1. The van der Waals surface area contributed by atoms with Crippen LogP contribution in [0.1, 0.15) is 66.2 Å². The number of unbranched alkanes of at least 4 members (excludes halogenated alkanes) is 2. The van der Waals surface area contributed by atoms with Crippen molar-refractivity contribution in [1.82, 2.24) is 0 Å². The van der Waals surface area contributed by atoms with Gasteiger partial charge in [-0.1, -0.05) is 66.0 Å². The van der Waals surface area contributed by atoms with Crippen LogP contribution in [0.5, 0.6) is 0 Å². The first kappa shape index (κ1) is 14.1. The highest BCUT2D eigenvalue weighted by Crippen LogP contribution is 2.41. The van der Waals surface area contributed by atoms with Crippen LogP contribution in [0.3, 0.4) is 0 Å². The number of hydrogen-bond acceptors (Lipinski definition) is 0. The molecule has 1 atom stereocenters. The van der Waals surface area contributed by atoms with Crippen molar-refractivity contribution in [2.24, 2.45) is 5.41 Å². The third-order valence-corrected chi connectivity index (χ3v) is 4.00. The molecule has 0 nitrogen and oxygen atoms in total. The molecule has 0 rings (SSSR count). The van der Waals surface area contributed by atoms with Gasteiger partial charge in [0.15, 0.2) is 0 Å². The molecule has 0 aromatic heterocycles. The van der Waals surface area contributed by atoms with Gasteiger partial charge in [-0.05, 0) is 18.3 Å². The van der Waals surface area contributed by atoms with Gasteiger partial charge in [-0.25, -0.2) is 0 Å². The highest BCUT2D eigenvalue weighted by atomic mass is 14.3. The summed E-state index contributed by atoms with van der Waals surface area (Å²) in [5.74, 6) is 0.889. The highest BCUT2D eigenvalue weighted by molar-refractivity contribution is 6.35. The molecule has 0 N–H and O–H groups in total. The van der Waals surface area contributed by atoms with Gasteiger partial charge in [0.1, 0.15) is 7.28 Å². The van der Waals surface area contributed by atoms with Gasteiger partial charge in [-0.2, -0.15) is 0 Å². The molecule has 0 aliphatic rings. The molecule has 0 amide bonds. The molecule has 0 aromatic carbocycles. The van der Waals surface area contributed by atoms with Crippen molar-refractivity contribution in [2.75, 3.05) is 0 Å². The molecule has 0 aromatic rings. The molecule has 0 aliphatic carbocycles. The monoisotopic (exact) mass is 196 g/mol. The summed E-state index contributed by atoms with van der Waals surface area (Å²) >= 11 is 0. The predicted molar refractivity (Wildman–Crippen MR) is 69.6 cm³/mol. The van der Waals surface area contributed by atoms with Gasteiger partial charge in [0.25, 0.3) is 0 Å². The summed E-state index contributed by atoms with van der Waals surface area (Å²) in [6.07, 6.45) is 8.36. The van der Waals surface area contributed by atoms with Crippen molar-refractivity contribution in [3.8, 4) is 0 Å². The van der Waals surface area contributed by atoms with Crippen molar-refractivity contribution in [3.05, 3.63) is 0 Å². The van der Waals surface area contributed by atoms with Gasteiger partial charge in [0.05, 0.1) is 0 Å². The fourth-order valence-electron chi connectivity index (χ4n) is 2.27. The summed E-state index contributed by atoms with van der Waals surface area (Å²) in [5, 5.41) is 0. The fraction of sp³-hybridized carbons (Fsp3) is 1.00. The Labute approximate surface area is 92.1 Å². The zero-order chi connectivity index (χ0) is 11.0. The zero-order valence-electron chi connectivity index (χ0n) is 11.0. The summed E-state index contributed by atoms with van der Waals surface area (Å²) in [6, 6.07) is 0. The third-order valence-electron chi connectivity index (χ3n) is 4.00. The Morgan fingerprint density at radius 3 is 1.79 bits per heavy atom. The van der Waals surface area contributed by atoms with E-state index in [0.717, 1.165) is 5.82 Å². The van der Waals surface area contributed by atoms with E-state index >= 15 is 0 Å². The van der Waals surface area contributed by atoms with Crippen LogP contribution in [0.15, 0.2) is 0 Å². The minimum absolute atomic E-state index is 0.612. The van der Waals surface area contributed by atoms with Gasteiger partial charge in [0, 0.05) is 0 Å². The van der Waals surface area contributed by atoms with Crippen molar-refractivity contribution in [1.29, 1.82) is 0 Å². The molecule has 0 saturated heterocycles. The second kappa shape index (κ2) is 7.37. The van der Waals surface area contributed by atoms with Crippen LogP contribution in [-0.4, -0.2) is 7.28 Å². The van der Waals surface area contributed by atoms with E-state index in [2.05, 4.69) is 34.5 Å². The fourth-order valence-corrected chi connectivity index (χ4v) is 2.27. The molecule has 84 valence electrons. The first-order chi connectivity index (χ1) is 6.60. The Hall–Kier alpha value is 0.0649. The largest absolute Gasteiger partial charge is 0.121 e. The minimum Gasteiger partial charge on any atom is -0.0891 e. The standard InChI is InChI=1S/C13H29B/c1-6-8-10-13(4,11-9-7-2)12(3)14-5/h12,14H,6-11H2,1-5H3. The Morgan fingerprint density at radius 2 is 1.50 bits per heavy atom. The molecule has 0 bridgehead atoms. The highest BCUT2D eigenvalue weighted by Gasteiger charge is 2.28. The van der Waals surface area contributed by atoms with Crippen LogP contribution in [-0.2, 0) is 0 Å². The number of hydrogen-bond donors (Lipinski definition) is 0. The molecular weight excluding hydrogens is 167 g/mol. The average molecular weight is 196 g/mol. The van der Waals surface area contributed by atoms with Crippen LogP contribution in [0.25, 0.3) is 0 Å². The quantitative estimate of drug-likeness (QED) is 0.495. The van der Waals surface area contributed by atoms with E-state index in [1.54, 1.807) is 0 Å². The van der Waals surface area contributed by atoms with Gasteiger partial charge < -0.3 is 0 Å². The van der Waals surface area contributed by atoms with Gasteiger partial charge >= 0.3 is 0 Å². The predicted octanol–water partition coefficient (Wildman–Crippen LogP) is 4.67. The lowest BCUT2D eigenvalue weighted by atomic mass is 9.53. The van der Waals surface area contributed by atoms with Crippen molar-refractivity contribution < 1.29 is 0 Å². The Bertz CT molecular complexity index is 123.